The van der Waals surface area contributed by atoms with E-state index in [1.165, 1.54) is 29.4 Å². The summed E-state index contributed by atoms with van der Waals surface area (Å²) in [6.07, 6.45) is 15.8. The molecular weight excluding hydrogens is 422 g/mol. The van der Waals surface area contributed by atoms with E-state index in [1.807, 2.05) is 24.4 Å². The van der Waals surface area contributed by atoms with Gasteiger partial charge in [-0.05, 0) is 73.9 Å². The zero-order valence-electron chi connectivity index (χ0n) is 21.1. The zero-order valence-corrected chi connectivity index (χ0v) is 21.1. The second kappa shape index (κ2) is 13.0. The average Bonchev–Trinajstić information content (AvgIpc) is 3.13. The fourth-order valence-corrected chi connectivity index (χ4v) is 4.55. The maximum absolute atomic E-state index is 12.8. The van der Waals surface area contributed by atoms with Gasteiger partial charge >= 0.3 is 0 Å². The lowest BCUT2D eigenvalue weighted by Gasteiger charge is -2.15. The first-order chi connectivity index (χ1) is 16.6. The molecule has 0 aliphatic carbocycles. The van der Waals surface area contributed by atoms with Gasteiger partial charge in [-0.2, -0.15) is 0 Å². The third-order valence-electron chi connectivity index (χ3n) is 6.56. The summed E-state index contributed by atoms with van der Waals surface area (Å²) >= 11 is 0. The van der Waals surface area contributed by atoms with Gasteiger partial charge in [0.2, 0.25) is 5.91 Å². The molecule has 182 valence electrons. The molecule has 1 aromatic carbocycles. The number of ether oxygens (including phenoxy) is 1. The molecule has 0 aliphatic heterocycles. The van der Waals surface area contributed by atoms with Gasteiger partial charge in [-0.25, -0.2) is 0 Å². The highest BCUT2D eigenvalue weighted by atomic mass is 16.5. The number of aromatic nitrogens is 2. The molecule has 0 spiro atoms. The van der Waals surface area contributed by atoms with Gasteiger partial charge in [0.15, 0.2) is 0 Å². The van der Waals surface area contributed by atoms with E-state index in [4.69, 9.17) is 4.74 Å². The van der Waals surface area contributed by atoms with Crippen molar-refractivity contribution in [1.82, 2.24) is 14.9 Å². The molecule has 5 heteroatoms. The van der Waals surface area contributed by atoms with Gasteiger partial charge in [0, 0.05) is 48.7 Å². The van der Waals surface area contributed by atoms with Crippen LogP contribution in [0.3, 0.4) is 0 Å². The SMILES string of the molecule is CCCCCc1c(/C=C/C(=O)N[C@H](CC)CCCc2cccnc2)n(C)c2cc(OC)ccc12. The number of benzene rings is 1. The van der Waals surface area contributed by atoms with Crippen molar-refractivity contribution >= 4 is 22.9 Å². The fraction of sp³-hybridized carbons (Fsp3) is 0.448. The first-order valence-corrected chi connectivity index (χ1v) is 12.6. The summed E-state index contributed by atoms with van der Waals surface area (Å²) in [4.78, 5) is 17.0. The van der Waals surface area contributed by atoms with Gasteiger partial charge in [0.05, 0.1) is 12.6 Å². The van der Waals surface area contributed by atoms with Crippen LogP contribution in [0.15, 0.2) is 48.8 Å². The Kier molecular flexibility index (Phi) is 9.75. The zero-order chi connectivity index (χ0) is 24.3. The third kappa shape index (κ3) is 6.72. The lowest BCUT2D eigenvalue weighted by Crippen LogP contribution is -2.33. The number of aryl methyl sites for hydroxylation is 3. The predicted molar refractivity (Wildman–Crippen MR) is 141 cm³/mol. The number of hydrogen-bond acceptors (Lipinski definition) is 3. The number of methoxy groups -OCH3 is 1. The van der Waals surface area contributed by atoms with Crippen LogP contribution in [0.2, 0.25) is 0 Å². The molecule has 2 aromatic heterocycles. The van der Waals surface area contributed by atoms with Crippen LogP contribution in [0, 0.1) is 0 Å². The second-order valence-electron chi connectivity index (χ2n) is 8.96. The van der Waals surface area contributed by atoms with Gasteiger partial charge in [-0.15, -0.1) is 0 Å². The van der Waals surface area contributed by atoms with Crippen molar-refractivity contribution in [3.8, 4) is 5.75 Å². The molecule has 0 aliphatic rings. The van der Waals surface area contributed by atoms with E-state index in [0.29, 0.717) is 0 Å². The Labute approximate surface area is 204 Å². The monoisotopic (exact) mass is 461 g/mol. The number of pyridine rings is 1. The van der Waals surface area contributed by atoms with Crippen molar-refractivity contribution < 1.29 is 9.53 Å². The number of carbonyl (C=O) groups excluding carboxylic acids is 1. The van der Waals surface area contributed by atoms with Gasteiger partial charge in [0.25, 0.3) is 0 Å². The first-order valence-electron chi connectivity index (χ1n) is 12.6. The number of nitrogens with zero attached hydrogens (tertiary/aromatic N) is 2. The normalized spacial score (nSPS) is 12.4. The molecule has 0 saturated carbocycles. The van der Waals surface area contributed by atoms with Crippen molar-refractivity contribution in [3.63, 3.8) is 0 Å². The van der Waals surface area contributed by atoms with E-state index in [0.717, 1.165) is 55.5 Å². The number of nitrogens with one attached hydrogen (secondary N) is 1. The van der Waals surface area contributed by atoms with Crippen molar-refractivity contribution in [1.29, 1.82) is 0 Å². The summed E-state index contributed by atoms with van der Waals surface area (Å²) in [6, 6.07) is 10.5. The molecule has 0 fully saturated rings. The number of rotatable bonds is 13. The lowest BCUT2D eigenvalue weighted by molar-refractivity contribution is -0.117. The Morgan fingerprint density at radius 2 is 2.03 bits per heavy atom. The van der Waals surface area contributed by atoms with Gasteiger partial charge in [0.1, 0.15) is 5.75 Å². The summed E-state index contributed by atoms with van der Waals surface area (Å²) in [5.74, 6) is 0.814. The molecule has 3 aromatic rings. The highest BCUT2D eigenvalue weighted by Crippen LogP contribution is 2.31. The maximum atomic E-state index is 12.8. The second-order valence-corrected chi connectivity index (χ2v) is 8.96. The number of hydrogen-bond donors (Lipinski definition) is 1. The number of fused-ring (bicyclic) bond motifs is 1. The Morgan fingerprint density at radius 1 is 1.18 bits per heavy atom. The topological polar surface area (TPSA) is 56.2 Å². The van der Waals surface area contributed by atoms with Gasteiger partial charge in [-0.3, -0.25) is 9.78 Å². The van der Waals surface area contributed by atoms with Crippen molar-refractivity contribution in [2.45, 2.75) is 71.3 Å². The summed E-state index contributed by atoms with van der Waals surface area (Å²) in [6.45, 7) is 4.35. The Morgan fingerprint density at radius 3 is 2.74 bits per heavy atom. The smallest absolute Gasteiger partial charge is 0.244 e. The van der Waals surface area contributed by atoms with Crippen LogP contribution < -0.4 is 10.1 Å². The molecule has 1 amide bonds. The molecule has 0 bridgehead atoms. The van der Waals surface area contributed by atoms with E-state index in [1.54, 1.807) is 19.4 Å². The summed E-state index contributed by atoms with van der Waals surface area (Å²) in [5.41, 5.74) is 4.78. The Bertz CT molecular complexity index is 1090. The summed E-state index contributed by atoms with van der Waals surface area (Å²) in [7, 11) is 3.76. The molecule has 5 nitrogen and oxygen atoms in total. The maximum Gasteiger partial charge on any atom is 0.244 e. The molecule has 2 heterocycles. The molecule has 3 rings (SSSR count). The minimum atomic E-state index is -0.0319. The number of amides is 1. The van der Waals surface area contributed by atoms with Gasteiger partial charge in [-0.1, -0.05) is 32.8 Å². The van der Waals surface area contributed by atoms with E-state index < -0.39 is 0 Å². The summed E-state index contributed by atoms with van der Waals surface area (Å²) in [5, 5.41) is 4.43. The molecule has 1 N–H and O–H groups in total. The minimum Gasteiger partial charge on any atom is -0.497 e. The van der Waals surface area contributed by atoms with E-state index in [9.17, 15) is 4.79 Å². The molecule has 0 radical (unpaired) electrons. The van der Waals surface area contributed by atoms with Crippen molar-refractivity contribution in [3.05, 3.63) is 65.6 Å². The fourth-order valence-electron chi connectivity index (χ4n) is 4.55. The largest absolute Gasteiger partial charge is 0.497 e. The number of carbonyl (C=O) groups is 1. The molecule has 34 heavy (non-hydrogen) atoms. The van der Waals surface area contributed by atoms with Crippen LogP contribution in [0.1, 0.15) is 69.2 Å². The molecule has 1 atom stereocenters. The summed E-state index contributed by atoms with van der Waals surface area (Å²) < 4.78 is 7.62. The Hall–Kier alpha value is -3.08. The molecule has 0 saturated heterocycles. The third-order valence-corrected chi connectivity index (χ3v) is 6.56. The number of unbranched alkanes of at least 4 members (excludes halogenated alkanes) is 2. The van der Waals surface area contributed by atoms with E-state index >= 15 is 0 Å². The first kappa shape index (κ1) is 25.5. The standard InChI is InChI=1S/C29H39N3O2/c1-5-7-8-14-25-26-16-15-24(34-4)20-28(26)32(3)27(25)17-18-29(33)31-23(6-2)13-9-11-22-12-10-19-30-21-22/h10,12,15-21,23H,5-9,11,13-14H2,1-4H3,(H,31,33)/b18-17+/t23-/m1/s1. The van der Waals surface area contributed by atoms with Crippen molar-refractivity contribution in [2.75, 3.05) is 7.11 Å². The van der Waals surface area contributed by atoms with E-state index in [2.05, 4.69) is 54.0 Å². The predicted octanol–water partition coefficient (Wildman–Crippen LogP) is 6.25. The van der Waals surface area contributed by atoms with Crippen molar-refractivity contribution in [2.24, 2.45) is 7.05 Å². The molecule has 0 unspecified atom stereocenters. The van der Waals surface area contributed by atoms with Crippen LogP contribution in [0.5, 0.6) is 5.75 Å². The van der Waals surface area contributed by atoms with Crippen LogP contribution in [0.25, 0.3) is 17.0 Å². The quantitative estimate of drug-likeness (QED) is 0.242. The van der Waals surface area contributed by atoms with Crippen LogP contribution in [-0.4, -0.2) is 28.6 Å². The van der Waals surface area contributed by atoms with Crippen LogP contribution in [0.4, 0.5) is 0 Å². The Balaban J connectivity index is 1.70. The minimum absolute atomic E-state index is 0.0319. The van der Waals surface area contributed by atoms with Crippen LogP contribution >= 0.6 is 0 Å². The van der Waals surface area contributed by atoms with Gasteiger partial charge < -0.3 is 14.6 Å². The highest BCUT2D eigenvalue weighted by Gasteiger charge is 2.15. The molecular formula is C29H39N3O2. The van der Waals surface area contributed by atoms with E-state index in [-0.39, 0.29) is 11.9 Å². The van der Waals surface area contributed by atoms with Crippen LogP contribution in [-0.2, 0) is 24.7 Å². The average molecular weight is 462 g/mol. The lowest BCUT2D eigenvalue weighted by atomic mass is 10.0. The highest BCUT2D eigenvalue weighted by molar-refractivity contribution is 5.95.